The van der Waals surface area contributed by atoms with Gasteiger partial charge in [0.25, 0.3) is 0 Å². The molecular weight excluding hydrogens is 358 g/mol. The number of benzene rings is 1. The molecule has 2 rings (SSSR count). The van der Waals surface area contributed by atoms with Crippen LogP contribution >= 0.6 is 12.4 Å². The van der Waals surface area contributed by atoms with Crippen LogP contribution in [0.1, 0.15) is 33.6 Å². The molecule has 0 saturated heterocycles. The van der Waals surface area contributed by atoms with Crippen LogP contribution in [-0.2, 0) is 14.3 Å². The summed E-state index contributed by atoms with van der Waals surface area (Å²) in [5.41, 5.74) is 10.6. The fraction of sp³-hybridized carbons (Fsp3) is 0.556. The maximum atomic E-state index is 12.6. The molecule has 1 saturated carbocycles. The van der Waals surface area contributed by atoms with E-state index in [9.17, 15) is 9.59 Å². The Bertz CT molecular complexity index is 636. The fourth-order valence-electron chi connectivity index (χ4n) is 2.97. The zero-order valence-corrected chi connectivity index (χ0v) is 16.2. The van der Waals surface area contributed by atoms with Crippen LogP contribution < -0.4 is 21.5 Å². The van der Waals surface area contributed by atoms with Crippen LogP contribution in [0, 0.1) is 5.41 Å². The minimum atomic E-state index is -0.969. The normalized spacial score (nSPS) is 23.3. The maximum absolute atomic E-state index is 12.6. The summed E-state index contributed by atoms with van der Waals surface area (Å²) in [6.45, 7) is 6.65. The minimum absolute atomic E-state index is 0. The first-order chi connectivity index (χ1) is 11.7. The third-order valence-electron chi connectivity index (χ3n) is 4.96. The Labute approximate surface area is 160 Å². The molecule has 0 aromatic heterocycles. The molecular formula is C18H28ClN3O4. The summed E-state index contributed by atoms with van der Waals surface area (Å²) in [5, 5.41) is 2.86. The molecule has 0 spiro atoms. The number of hydrogen-bond acceptors (Lipinski definition) is 5. The van der Waals surface area contributed by atoms with Gasteiger partial charge in [0.15, 0.2) is 0 Å². The van der Waals surface area contributed by atoms with Gasteiger partial charge in [0.2, 0.25) is 11.8 Å². The molecule has 8 heteroatoms. The van der Waals surface area contributed by atoms with E-state index in [-0.39, 0.29) is 37.4 Å². The first kappa shape index (κ1) is 22.2. The number of nitrogens with one attached hydrogen (secondary N) is 1. The minimum Gasteiger partial charge on any atom is -0.493 e. The molecule has 0 radical (unpaired) electrons. The number of amides is 2. The van der Waals surface area contributed by atoms with E-state index in [1.54, 1.807) is 24.3 Å². The lowest BCUT2D eigenvalue weighted by Gasteiger charge is -2.57. The number of hydrogen-bond donors (Lipinski definition) is 3. The van der Waals surface area contributed by atoms with Crippen LogP contribution in [-0.4, -0.2) is 36.7 Å². The van der Waals surface area contributed by atoms with Crippen molar-refractivity contribution >= 4 is 29.9 Å². The second-order valence-corrected chi connectivity index (χ2v) is 6.88. The van der Waals surface area contributed by atoms with Gasteiger partial charge in [0, 0.05) is 24.1 Å². The number of nitrogens with two attached hydrogens (primary N) is 2. The molecule has 7 nitrogen and oxygen atoms in total. The highest BCUT2D eigenvalue weighted by atomic mass is 35.5. The second kappa shape index (κ2) is 8.70. The van der Waals surface area contributed by atoms with Gasteiger partial charge in [-0.25, -0.2) is 0 Å². The summed E-state index contributed by atoms with van der Waals surface area (Å²) in [6.07, 6.45) is 0.632. The third kappa shape index (κ3) is 4.47. The zero-order valence-electron chi connectivity index (χ0n) is 15.4. The van der Waals surface area contributed by atoms with E-state index in [4.69, 9.17) is 20.9 Å². The molecule has 1 aliphatic rings. The highest BCUT2D eigenvalue weighted by molar-refractivity contribution is 5.99. The molecule has 2 amide bonds. The molecule has 1 aromatic rings. The van der Waals surface area contributed by atoms with Crippen LogP contribution in [0.4, 0.5) is 5.69 Å². The molecule has 1 aliphatic carbocycles. The lowest BCUT2D eigenvalue weighted by atomic mass is 9.54. The number of anilines is 1. The molecule has 0 heterocycles. The van der Waals surface area contributed by atoms with Gasteiger partial charge in [0.1, 0.15) is 11.3 Å². The molecule has 26 heavy (non-hydrogen) atoms. The van der Waals surface area contributed by atoms with E-state index >= 15 is 0 Å². The molecule has 146 valence electrons. The molecule has 0 bridgehead atoms. The number of carbonyl (C=O) groups is 2. The standard InChI is InChI=1S/C18H27N3O4.ClH/c1-4-24-14-11-18(20,17(14,2)3)16(23)21-12-5-7-13(8-6-12)25-10-9-15(19)22;/h5-8,14H,4,9-11,20H2,1-3H3,(H2,19,22)(H,21,23);1H. The average molecular weight is 386 g/mol. The maximum Gasteiger partial charge on any atom is 0.245 e. The summed E-state index contributed by atoms with van der Waals surface area (Å²) >= 11 is 0. The summed E-state index contributed by atoms with van der Waals surface area (Å²) in [7, 11) is 0. The third-order valence-corrected chi connectivity index (χ3v) is 4.96. The lowest BCUT2D eigenvalue weighted by Crippen LogP contribution is -2.74. The average Bonchev–Trinajstić information content (AvgIpc) is 2.55. The van der Waals surface area contributed by atoms with Gasteiger partial charge < -0.3 is 26.3 Å². The van der Waals surface area contributed by atoms with Crippen LogP contribution in [0.3, 0.4) is 0 Å². The van der Waals surface area contributed by atoms with Crippen LogP contribution in [0.15, 0.2) is 24.3 Å². The van der Waals surface area contributed by atoms with E-state index < -0.39 is 16.9 Å². The van der Waals surface area contributed by atoms with Crippen molar-refractivity contribution in [1.29, 1.82) is 0 Å². The number of halogens is 1. The first-order valence-electron chi connectivity index (χ1n) is 8.44. The quantitative estimate of drug-likeness (QED) is 0.631. The van der Waals surface area contributed by atoms with Crippen molar-refractivity contribution in [3.05, 3.63) is 24.3 Å². The number of rotatable bonds is 8. The second-order valence-electron chi connectivity index (χ2n) is 6.88. The van der Waals surface area contributed by atoms with E-state index in [0.717, 1.165) is 0 Å². The van der Waals surface area contributed by atoms with Gasteiger partial charge in [-0.2, -0.15) is 0 Å². The monoisotopic (exact) mass is 385 g/mol. The van der Waals surface area contributed by atoms with Crippen molar-refractivity contribution in [3.63, 3.8) is 0 Å². The summed E-state index contributed by atoms with van der Waals surface area (Å²) < 4.78 is 11.0. The fourth-order valence-corrected chi connectivity index (χ4v) is 2.97. The Hall–Kier alpha value is -1.83. The van der Waals surface area contributed by atoms with Gasteiger partial charge in [-0.1, -0.05) is 13.8 Å². The summed E-state index contributed by atoms with van der Waals surface area (Å²) in [6, 6.07) is 6.89. The predicted octanol–water partition coefficient (Wildman–Crippen LogP) is 1.83. The Morgan fingerprint density at radius 3 is 2.38 bits per heavy atom. The topological polar surface area (TPSA) is 117 Å². The van der Waals surface area contributed by atoms with E-state index in [1.807, 2.05) is 20.8 Å². The predicted molar refractivity (Wildman–Crippen MR) is 102 cm³/mol. The number of primary amides is 1. The summed E-state index contributed by atoms with van der Waals surface area (Å²) in [4.78, 5) is 23.3. The van der Waals surface area contributed by atoms with Gasteiger partial charge >= 0.3 is 0 Å². The van der Waals surface area contributed by atoms with Crippen LogP contribution in [0.25, 0.3) is 0 Å². The van der Waals surface area contributed by atoms with Crippen LogP contribution in [0.2, 0.25) is 0 Å². The van der Waals surface area contributed by atoms with E-state index in [0.29, 0.717) is 24.5 Å². The molecule has 1 aromatic carbocycles. The van der Waals surface area contributed by atoms with Crippen molar-refractivity contribution < 1.29 is 19.1 Å². The van der Waals surface area contributed by atoms with E-state index in [1.165, 1.54) is 0 Å². The van der Waals surface area contributed by atoms with Crippen molar-refractivity contribution in [3.8, 4) is 5.75 Å². The Morgan fingerprint density at radius 2 is 1.88 bits per heavy atom. The highest BCUT2D eigenvalue weighted by Crippen LogP contribution is 2.50. The smallest absolute Gasteiger partial charge is 0.245 e. The molecule has 1 fully saturated rings. The van der Waals surface area contributed by atoms with Gasteiger partial charge in [-0.15, -0.1) is 12.4 Å². The zero-order chi connectivity index (χ0) is 18.7. The Balaban J connectivity index is 0.00000338. The van der Waals surface area contributed by atoms with Gasteiger partial charge in [0.05, 0.1) is 19.1 Å². The number of carbonyl (C=O) groups excluding carboxylic acids is 2. The Kier molecular flexibility index (Phi) is 7.44. The lowest BCUT2D eigenvalue weighted by molar-refractivity contribution is -0.166. The Morgan fingerprint density at radius 1 is 1.27 bits per heavy atom. The van der Waals surface area contributed by atoms with Crippen molar-refractivity contribution in [2.75, 3.05) is 18.5 Å². The van der Waals surface area contributed by atoms with Gasteiger partial charge in [-0.05, 0) is 31.2 Å². The van der Waals surface area contributed by atoms with E-state index in [2.05, 4.69) is 5.32 Å². The van der Waals surface area contributed by atoms with Crippen molar-refractivity contribution in [2.45, 2.75) is 45.3 Å². The largest absolute Gasteiger partial charge is 0.493 e. The molecule has 2 unspecified atom stereocenters. The SMILES string of the molecule is CCOC1CC(N)(C(=O)Nc2ccc(OCCC(N)=O)cc2)C1(C)C.Cl. The highest BCUT2D eigenvalue weighted by Gasteiger charge is 2.62. The summed E-state index contributed by atoms with van der Waals surface area (Å²) in [5.74, 6) is -0.0384. The van der Waals surface area contributed by atoms with Crippen LogP contribution in [0.5, 0.6) is 5.75 Å². The number of ether oxygens (including phenoxy) is 2. The molecule has 5 N–H and O–H groups in total. The first-order valence-corrected chi connectivity index (χ1v) is 8.44. The van der Waals surface area contributed by atoms with Crippen molar-refractivity contribution in [1.82, 2.24) is 0 Å². The molecule has 2 atom stereocenters. The van der Waals surface area contributed by atoms with Crippen molar-refractivity contribution in [2.24, 2.45) is 16.9 Å². The van der Waals surface area contributed by atoms with Gasteiger partial charge in [-0.3, -0.25) is 9.59 Å². The molecule has 0 aliphatic heterocycles.